The minimum atomic E-state index is -0.743. The summed E-state index contributed by atoms with van der Waals surface area (Å²) in [6.07, 6.45) is 0.884. The normalized spacial score (nSPS) is 21.8. The van der Waals surface area contributed by atoms with Crippen LogP contribution >= 0.6 is 23.2 Å². The third-order valence-corrected chi connectivity index (χ3v) is 5.17. The second-order valence-corrected chi connectivity index (χ2v) is 8.05. The summed E-state index contributed by atoms with van der Waals surface area (Å²) in [5.41, 5.74) is 6.80. The summed E-state index contributed by atoms with van der Waals surface area (Å²) in [5.74, 6) is 0.0247. The van der Waals surface area contributed by atoms with Crippen LogP contribution in [0.2, 0.25) is 10.0 Å². The maximum atomic E-state index is 13.0. The molecule has 1 atom stereocenters. The molecule has 1 heterocycles. The lowest BCUT2D eigenvalue weighted by molar-refractivity contribution is -0.119. The van der Waals surface area contributed by atoms with Gasteiger partial charge in [-0.1, -0.05) is 37.0 Å². The number of nitrogens with zero attached hydrogens (tertiary/aromatic N) is 1. The fourth-order valence-electron chi connectivity index (χ4n) is 3.58. The number of ketones is 1. The Kier molecular flexibility index (Phi) is 4.68. The zero-order valence-electron chi connectivity index (χ0n) is 14.7. The van der Waals surface area contributed by atoms with Gasteiger partial charge in [-0.3, -0.25) is 4.79 Å². The van der Waals surface area contributed by atoms with Gasteiger partial charge in [0.05, 0.1) is 13.0 Å². The standard InChI is InChI=1S/C19H18Cl2N2O3/c1-19(2)6-12(24)17-14(7-19)26-18(23)10(8-22)15(17)16-11(21)4-9(20)5-13(16)25-3/h4-5,15H,6-7,23H2,1-3H3/t15-/m0/s1. The molecule has 3 rings (SSSR count). The first-order valence-corrected chi connectivity index (χ1v) is 8.81. The van der Waals surface area contributed by atoms with E-state index < -0.39 is 5.92 Å². The molecule has 7 heteroatoms. The zero-order valence-corrected chi connectivity index (χ0v) is 16.2. The highest BCUT2D eigenvalue weighted by atomic mass is 35.5. The third kappa shape index (κ3) is 3.04. The molecule has 136 valence electrons. The molecule has 0 spiro atoms. The second-order valence-electron chi connectivity index (χ2n) is 7.21. The third-order valence-electron chi connectivity index (χ3n) is 4.64. The van der Waals surface area contributed by atoms with E-state index in [-0.39, 0.29) is 22.7 Å². The summed E-state index contributed by atoms with van der Waals surface area (Å²) in [7, 11) is 1.48. The van der Waals surface area contributed by atoms with Gasteiger partial charge in [-0.2, -0.15) is 5.26 Å². The Bertz CT molecular complexity index is 910. The average molecular weight is 393 g/mol. The zero-order chi connectivity index (χ0) is 19.2. The molecule has 0 saturated carbocycles. The SMILES string of the molecule is COc1cc(Cl)cc(Cl)c1[C@@H]1C(C#N)=C(N)OC2=C1C(=O)CC(C)(C)C2. The largest absolute Gasteiger partial charge is 0.496 e. The number of halogens is 2. The van der Waals surface area contributed by atoms with Gasteiger partial charge >= 0.3 is 0 Å². The van der Waals surface area contributed by atoms with Crippen molar-refractivity contribution >= 4 is 29.0 Å². The van der Waals surface area contributed by atoms with E-state index in [1.54, 1.807) is 12.1 Å². The first-order chi connectivity index (χ1) is 12.2. The molecule has 1 aliphatic heterocycles. The summed E-state index contributed by atoms with van der Waals surface area (Å²) in [6.45, 7) is 3.98. The van der Waals surface area contributed by atoms with E-state index in [1.807, 2.05) is 13.8 Å². The molecule has 1 aromatic carbocycles. The second kappa shape index (κ2) is 6.53. The molecule has 0 radical (unpaired) electrons. The maximum absolute atomic E-state index is 13.0. The van der Waals surface area contributed by atoms with Crippen LogP contribution in [-0.2, 0) is 9.53 Å². The van der Waals surface area contributed by atoms with Crippen LogP contribution in [0.15, 0.2) is 34.9 Å². The number of nitriles is 1. The van der Waals surface area contributed by atoms with Crippen LogP contribution in [0.3, 0.4) is 0 Å². The number of allylic oxidation sites excluding steroid dienone is 3. The number of benzene rings is 1. The number of carbonyl (C=O) groups excluding carboxylic acids is 1. The summed E-state index contributed by atoms with van der Waals surface area (Å²) < 4.78 is 11.1. The number of methoxy groups -OCH3 is 1. The van der Waals surface area contributed by atoms with E-state index >= 15 is 0 Å². The maximum Gasteiger partial charge on any atom is 0.205 e. The molecule has 0 fully saturated rings. The highest BCUT2D eigenvalue weighted by molar-refractivity contribution is 6.35. The van der Waals surface area contributed by atoms with Crippen LogP contribution in [-0.4, -0.2) is 12.9 Å². The van der Waals surface area contributed by atoms with E-state index in [0.29, 0.717) is 45.5 Å². The minimum absolute atomic E-state index is 0.0187. The summed E-state index contributed by atoms with van der Waals surface area (Å²) in [5, 5.41) is 10.4. The minimum Gasteiger partial charge on any atom is -0.496 e. The molecule has 5 nitrogen and oxygen atoms in total. The predicted octanol–water partition coefficient (Wildman–Crippen LogP) is 4.45. The Hall–Kier alpha value is -2.16. The van der Waals surface area contributed by atoms with Crippen LogP contribution in [0.5, 0.6) is 5.75 Å². The number of hydrogen-bond acceptors (Lipinski definition) is 5. The predicted molar refractivity (Wildman–Crippen MR) is 98.7 cm³/mol. The number of nitrogens with two attached hydrogens (primary N) is 1. The van der Waals surface area contributed by atoms with Crippen LogP contribution < -0.4 is 10.5 Å². The molecular weight excluding hydrogens is 375 g/mol. The Morgan fingerprint density at radius 3 is 2.65 bits per heavy atom. The van der Waals surface area contributed by atoms with Crippen molar-refractivity contribution in [2.75, 3.05) is 7.11 Å². The molecule has 2 N–H and O–H groups in total. The van der Waals surface area contributed by atoms with Gasteiger partial charge in [0, 0.05) is 34.0 Å². The highest BCUT2D eigenvalue weighted by Gasteiger charge is 2.44. The van der Waals surface area contributed by atoms with Crippen molar-refractivity contribution < 1.29 is 14.3 Å². The lowest BCUT2D eigenvalue weighted by Crippen LogP contribution is -2.33. The Morgan fingerprint density at radius 1 is 1.35 bits per heavy atom. The molecule has 0 aromatic heterocycles. The van der Waals surface area contributed by atoms with Gasteiger partial charge in [-0.15, -0.1) is 0 Å². The van der Waals surface area contributed by atoms with Crippen molar-refractivity contribution in [1.29, 1.82) is 5.26 Å². The summed E-state index contributed by atoms with van der Waals surface area (Å²) in [6, 6.07) is 5.22. The first-order valence-electron chi connectivity index (χ1n) is 8.05. The average Bonchev–Trinajstić information content (AvgIpc) is 2.51. The van der Waals surface area contributed by atoms with Gasteiger partial charge in [0.15, 0.2) is 5.78 Å². The fraction of sp³-hybridized carbons (Fsp3) is 0.368. The molecule has 0 amide bonds. The van der Waals surface area contributed by atoms with Gasteiger partial charge in [0.25, 0.3) is 0 Å². The lowest BCUT2D eigenvalue weighted by atomic mass is 9.70. The van der Waals surface area contributed by atoms with Crippen molar-refractivity contribution in [3.05, 3.63) is 50.5 Å². The van der Waals surface area contributed by atoms with E-state index in [0.717, 1.165) is 0 Å². The smallest absolute Gasteiger partial charge is 0.205 e. The van der Waals surface area contributed by atoms with Crippen molar-refractivity contribution in [2.45, 2.75) is 32.6 Å². The fourth-order valence-corrected chi connectivity index (χ4v) is 4.17. The lowest BCUT2D eigenvalue weighted by Gasteiger charge is -2.37. The summed E-state index contributed by atoms with van der Waals surface area (Å²) in [4.78, 5) is 13.0. The van der Waals surface area contributed by atoms with Crippen LogP contribution in [0.1, 0.15) is 38.2 Å². The van der Waals surface area contributed by atoms with Gasteiger partial charge < -0.3 is 15.2 Å². The Labute approximate surface area is 162 Å². The van der Waals surface area contributed by atoms with E-state index in [4.69, 9.17) is 38.4 Å². The first kappa shape index (κ1) is 18.6. The molecule has 1 aliphatic carbocycles. The van der Waals surface area contributed by atoms with E-state index in [1.165, 1.54) is 7.11 Å². The number of Topliss-reactive ketones (excluding diaryl/α,β-unsaturated/α-hetero) is 1. The number of rotatable bonds is 2. The molecular formula is C19H18Cl2N2O3. The Balaban J connectivity index is 2.29. The van der Waals surface area contributed by atoms with Gasteiger partial charge in [-0.05, 0) is 17.5 Å². The van der Waals surface area contributed by atoms with Crippen LogP contribution in [0.4, 0.5) is 0 Å². The van der Waals surface area contributed by atoms with Gasteiger partial charge in [-0.25, -0.2) is 0 Å². The number of carbonyl (C=O) groups is 1. The van der Waals surface area contributed by atoms with Crippen molar-refractivity contribution in [3.8, 4) is 11.8 Å². The molecule has 0 saturated heterocycles. The molecule has 1 aromatic rings. The van der Waals surface area contributed by atoms with Gasteiger partial charge in [0.1, 0.15) is 23.2 Å². The Morgan fingerprint density at radius 2 is 2.04 bits per heavy atom. The van der Waals surface area contributed by atoms with Crippen LogP contribution in [0.25, 0.3) is 0 Å². The van der Waals surface area contributed by atoms with Crippen LogP contribution in [0, 0.1) is 16.7 Å². The number of hydrogen-bond donors (Lipinski definition) is 1. The topological polar surface area (TPSA) is 85.3 Å². The molecule has 2 aliphatic rings. The summed E-state index contributed by atoms with van der Waals surface area (Å²) >= 11 is 12.5. The van der Waals surface area contributed by atoms with E-state index in [2.05, 4.69) is 6.07 Å². The monoisotopic (exact) mass is 392 g/mol. The number of ether oxygens (including phenoxy) is 2. The van der Waals surface area contributed by atoms with Crippen molar-refractivity contribution in [1.82, 2.24) is 0 Å². The van der Waals surface area contributed by atoms with Crippen molar-refractivity contribution in [3.63, 3.8) is 0 Å². The van der Waals surface area contributed by atoms with Crippen molar-refractivity contribution in [2.24, 2.45) is 11.1 Å². The molecule has 26 heavy (non-hydrogen) atoms. The molecule has 0 bridgehead atoms. The highest BCUT2D eigenvalue weighted by Crippen LogP contribution is 2.51. The quantitative estimate of drug-likeness (QED) is 0.802. The molecule has 0 unspecified atom stereocenters. The van der Waals surface area contributed by atoms with Gasteiger partial charge in [0.2, 0.25) is 5.88 Å². The van der Waals surface area contributed by atoms with E-state index in [9.17, 15) is 10.1 Å².